The van der Waals surface area contributed by atoms with Gasteiger partial charge in [-0.1, -0.05) is 54.5 Å². The molecule has 0 saturated carbocycles. The van der Waals surface area contributed by atoms with Crippen LogP contribution in [0.2, 0.25) is 0 Å². The number of rotatable bonds is 6. The van der Waals surface area contributed by atoms with Crippen LogP contribution >= 0.6 is 11.8 Å². The molecular weight excluding hydrogens is 344 g/mol. The van der Waals surface area contributed by atoms with E-state index in [9.17, 15) is 13.7 Å². The molecule has 1 aliphatic rings. The summed E-state index contributed by atoms with van der Waals surface area (Å²) in [7, 11) is -3.69. The Kier molecular flexibility index (Phi) is 6.23. The van der Waals surface area contributed by atoms with Gasteiger partial charge in [-0.05, 0) is 36.0 Å². The van der Waals surface area contributed by atoms with Crippen LogP contribution in [0.1, 0.15) is 30.9 Å². The highest BCUT2D eigenvalue weighted by atomic mass is 32.2. The van der Waals surface area contributed by atoms with E-state index in [0.29, 0.717) is 22.6 Å². The van der Waals surface area contributed by atoms with E-state index in [-0.39, 0.29) is 5.75 Å². The third kappa shape index (κ3) is 4.49. The third-order valence-corrected chi connectivity index (χ3v) is 5.30. The standard InChI is InChI=1S/C17H18N2O3S2/c1-3-4-11-24(20,21)22-19-17-15(9-10-23-17)16(12-18)14-8-6-5-7-13(14)2/h5-10H,3-4,11H2,1-2H3. The Morgan fingerprint density at radius 3 is 2.79 bits per heavy atom. The average Bonchev–Trinajstić information content (AvgIpc) is 3.02. The SMILES string of the molecule is CCCCS(=O)(=O)ON=C1SC=CC1=C(C#N)c1ccccc1C. The van der Waals surface area contributed by atoms with Crippen molar-refractivity contribution in [1.29, 1.82) is 5.26 Å². The first kappa shape index (κ1) is 18.3. The highest BCUT2D eigenvalue weighted by molar-refractivity contribution is 8.17. The van der Waals surface area contributed by atoms with E-state index in [4.69, 9.17) is 4.28 Å². The number of hydrogen-bond acceptors (Lipinski definition) is 6. The number of nitriles is 1. The molecule has 0 aliphatic carbocycles. The van der Waals surface area contributed by atoms with Crippen LogP contribution in [-0.2, 0) is 14.4 Å². The van der Waals surface area contributed by atoms with Crippen molar-refractivity contribution in [3.8, 4) is 6.07 Å². The molecule has 24 heavy (non-hydrogen) atoms. The lowest BCUT2D eigenvalue weighted by Gasteiger charge is -2.07. The number of allylic oxidation sites excluding steroid dienone is 2. The minimum absolute atomic E-state index is 0.0691. The molecule has 1 heterocycles. The van der Waals surface area contributed by atoms with Crippen LogP contribution < -0.4 is 0 Å². The van der Waals surface area contributed by atoms with Gasteiger partial charge in [0.1, 0.15) is 11.1 Å². The van der Waals surface area contributed by atoms with Crippen LogP contribution in [0.4, 0.5) is 0 Å². The van der Waals surface area contributed by atoms with Crippen LogP contribution in [0.3, 0.4) is 0 Å². The van der Waals surface area contributed by atoms with Gasteiger partial charge in [0, 0.05) is 5.57 Å². The Morgan fingerprint density at radius 1 is 1.38 bits per heavy atom. The fraction of sp³-hybridized carbons (Fsp3) is 0.294. The summed E-state index contributed by atoms with van der Waals surface area (Å²) >= 11 is 1.23. The molecule has 0 N–H and O–H groups in total. The van der Waals surface area contributed by atoms with E-state index in [1.165, 1.54) is 11.8 Å². The minimum Gasteiger partial charge on any atom is -0.267 e. The van der Waals surface area contributed by atoms with Crippen molar-refractivity contribution in [3.05, 3.63) is 52.4 Å². The largest absolute Gasteiger partial charge is 0.328 e. The van der Waals surface area contributed by atoms with E-state index in [1.807, 2.05) is 38.1 Å². The first-order valence-corrected chi connectivity index (χ1v) is 9.97. The summed E-state index contributed by atoms with van der Waals surface area (Å²) in [5.74, 6) is -0.0691. The van der Waals surface area contributed by atoms with Gasteiger partial charge in [0.15, 0.2) is 0 Å². The second-order valence-electron chi connectivity index (χ2n) is 5.22. The van der Waals surface area contributed by atoms with E-state index in [0.717, 1.165) is 17.5 Å². The zero-order valence-electron chi connectivity index (χ0n) is 13.5. The molecule has 126 valence electrons. The summed E-state index contributed by atoms with van der Waals surface area (Å²) in [6.07, 6.45) is 3.02. The van der Waals surface area contributed by atoms with Crippen LogP contribution in [0.25, 0.3) is 5.57 Å². The average molecular weight is 362 g/mol. The normalized spacial score (nSPS) is 17.8. The summed E-state index contributed by atoms with van der Waals surface area (Å²) in [5, 5.41) is 15.5. The van der Waals surface area contributed by atoms with Crippen molar-refractivity contribution < 1.29 is 12.7 Å². The van der Waals surface area contributed by atoms with Crippen LogP contribution in [-0.4, -0.2) is 19.2 Å². The summed E-state index contributed by atoms with van der Waals surface area (Å²) in [6, 6.07) is 9.72. The van der Waals surface area contributed by atoms with Crippen LogP contribution in [0.15, 0.2) is 46.5 Å². The number of thioether (sulfide) groups is 1. The molecule has 1 aromatic rings. The molecule has 1 aromatic carbocycles. The molecule has 2 rings (SSSR count). The molecule has 0 bridgehead atoms. The van der Waals surface area contributed by atoms with E-state index in [1.54, 1.807) is 11.5 Å². The summed E-state index contributed by atoms with van der Waals surface area (Å²) in [5.41, 5.74) is 2.77. The van der Waals surface area contributed by atoms with Gasteiger partial charge >= 0.3 is 10.1 Å². The lowest BCUT2D eigenvalue weighted by molar-refractivity contribution is 0.339. The number of aryl methyl sites for hydroxylation is 1. The summed E-state index contributed by atoms with van der Waals surface area (Å²) in [4.78, 5) is 0. The van der Waals surface area contributed by atoms with E-state index >= 15 is 0 Å². The third-order valence-electron chi connectivity index (χ3n) is 3.42. The van der Waals surface area contributed by atoms with Gasteiger partial charge < -0.3 is 0 Å². The van der Waals surface area contributed by atoms with Crippen molar-refractivity contribution in [1.82, 2.24) is 0 Å². The molecule has 0 aromatic heterocycles. The van der Waals surface area contributed by atoms with Crippen LogP contribution in [0.5, 0.6) is 0 Å². The second kappa shape index (κ2) is 8.18. The highest BCUT2D eigenvalue weighted by Gasteiger charge is 2.20. The molecule has 0 atom stereocenters. The van der Waals surface area contributed by atoms with Crippen molar-refractivity contribution in [2.75, 3.05) is 5.75 Å². The van der Waals surface area contributed by atoms with Gasteiger partial charge in [0.25, 0.3) is 0 Å². The van der Waals surface area contributed by atoms with E-state index < -0.39 is 10.1 Å². The lowest BCUT2D eigenvalue weighted by Crippen LogP contribution is -2.08. The maximum absolute atomic E-state index is 11.8. The van der Waals surface area contributed by atoms with Crippen molar-refractivity contribution in [2.24, 2.45) is 5.16 Å². The maximum atomic E-state index is 11.8. The lowest BCUT2D eigenvalue weighted by atomic mass is 9.97. The minimum atomic E-state index is -3.69. The molecule has 0 amide bonds. The highest BCUT2D eigenvalue weighted by Crippen LogP contribution is 2.32. The number of oxime groups is 1. The zero-order chi connectivity index (χ0) is 17.6. The Morgan fingerprint density at radius 2 is 2.12 bits per heavy atom. The molecule has 7 heteroatoms. The summed E-state index contributed by atoms with van der Waals surface area (Å²) in [6.45, 7) is 3.82. The van der Waals surface area contributed by atoms with Crippen LogP contribution in [0, 0.1) is 18.3 Å². The number of nitrogens with zero attached hydrogens (tertiary/aromatic N) is 2. The monoisotopic (exact) mass is 362 g/mol. The van der Waals surface area contributed by atoms with Crippen molar-refractivity contribution >= 4 is 32.5 Å². The molecule has 1 aliphatic heterocycles. The smallest absolute Gasteiger partial charge is 0.267 e. The predicted octanol–water partition coefficient (Wildman–Crippen LogP) is 3.99. The van der Waals surface area contributed by atoms with Gasteiger partial charge in [0.2, 0.25) is 0 Å². The Bertz CT molecular complexity index is 847. The Hall–Kier alpha value is -2.04. The zero-order valence-corrected chi connectivity index (χ0v) is 15.2. The first-order valence-electron chi connectivity index (χ1n) is 7.51. The molecule has 0 saturated heterocycles. The molecule has 0 unspecified atom stereocenters. The van der Waals surface area contributed by atoms with Gasteiger partial charge in [-0.25, -0.2) is 0 Å². The van der Waals surface area contributed by atoms with Gasteiger partial charge in [-0.2, -0.15) is 13.7 Å². The molecule has 5 nitrogen and oxygen atoms in total. The number of unbranched alkanes of at least 4 members (excludes halogenated alkanes) is 1. The first-order chi connectivity index (χ1) is 11.5. The predicted molar refractivity (Wildman–Crippen MR) is 97.7 cm³/mol. The quantitative estimate of drug-likeness (QED) is 0.564. The van der Waals surface area contributed by atoms with E-state index in [2.05, 4.69) is 11.2 Å². The summed E-state index contributed by atoms with van der Waals surface area (Å²) < 4.78 is 28.3. The van der Waals surface area contributed by atoms with Gasteiger partial charge in [0.05, 0.1) is 11.3 Å². The fourth-order valence-electron chi connectivity index (χ4n) is 2.13. The van der Waals surface area contributed by atoms with Crippen molar-refractivity contribution in [2.45, 2.75) is 26.7 Å². The van der Waals surface area contributed by atoms with Gasteiger partial charge in [-0.15, -0.1) is 0 Å². The molecular formula is C17H18N2O3S2. The van der Waals surface area contributed by atoms with Crippen molar-refractivity contribution in [3.63, 3.8) is 0 Å². The molecule has 0 fully saturated rings. The second-order valence-corrected chi connectivity index (χ2v) is 7.79. The molecule has 0 radical (unpaired) electrons. The molecule has 0 spiro atoms. The van der Waals surface area contributed by atoms with Gasteiger partial charge in [-0.3, -0.25) is 4.28 Å². The Labute approximate surface area is 146 Å². The number of benzene rings is 1. The topological polar surface area (TPSA) is 79.5 Å². The maximum Gasteiger partial charge on any atom is 0.328 e. The number of hydrogen-bond donors (Lipinski definition) is 0. The Balaban J connectivity index is 2.35. The fourth-order valence-corrected chi connectivity index (χ4v) is 3.79.